The van der Waals surface area contributed by atoms with Crippen molar-refractivity contribution in [3.63, 3.8) is 0 Å². The van der Waals surface area contributed by atoms with E-state index in [1.807, 2.05) is 44.2 Å². The minimum absolute atomic E-state index is 0.138. The van der Waals surface area contributed by atoms with E-state index >= 15 is 0 Å². The molecule has 0 bridgehead atoms. The van der Waals surface area contributed by atoms with Crippen LogP contribution in [0.4, 0.5) is 0 Å². The van der Waals surface area contributed by atoms with Crippen LogP contribution >= 0.6 is 27.3 Å². The monoisotopic (exact) mass is 720 g/mol. The molecule has 0 saturated carbocycles. The number of ether oxygens (including phenoxy) is 4. The second kappa shape index (κ2) is 14.4. The molecule has 0 fully saturated rings. The third kappa shape index (κ3) is 7.18. The summed E-state index contributed by atoms with van der Waals surface area (Å²) in [6.07, 6.45) is 1.60. The van der Waals surface area contributed by atoms with Gasteiger partial charge in [-0.05, 0) is 91.2 Å². The van der Waals surface area contributed by atoms with Crippen molar-refractivity contribution >= 4 is 45.3 Å². The van der Waals surface area contributed by atoms with Gasteiger partial charge in [0.2, 0.25) is 0 Å². The molecule has 2 heterocycles. The van der Waals surface area contributed by atoms with Gasteiger partial charge in [-0.1, -0.05) is 41.7 Å². The largest absolute Gasteiger partial charge is 0.493 e. The smallest absolute Gasteiger partial charge is 0.338 e. The summed E-state index contributed by atoms with van der Waals surface area (Å²) in [6.45, 7) is 7.65. The standard InChI is InChI=1S/C35H33BrN2O8S/c1-6-44-34(42)29-20(4)37-35-38(30(29)24-9-7-8-10-26(24)46-19(2)3)32(39)28(47-35)17-22-15-25(36)31(27(16-22)43-5)45-18-21-11-13-23(14-12-21)33(40)41/h7-17,19,30H,6,18H2,1-5H3,(H,40,41)/b28-17+/t30-/m1/s1. The third-order valence-corrected chi connectivity index (χ3v) is 8.80. The molecule has 4 aromatic rings. The minimum atomic E-state index is -1.00. The molecule has 0 amide bonds. The Balaban J connectivity index is 1.57. The first kappa shape index (κ1) is 33.7. The van der Waals surface area contributed by atoms with Crippen LogP contribution in [0.2, 0.25) is 0 Å². The summed E-state index contributed by atoms with van der Waals surface area (Å²) in [5, 5.41) is 9.15. The van der Waals surface area contributed by atoms with E-state index in [0.717, 1.165) is 5.56 Å². The van der Waals surface area contributed by atoms with Gasteiger partial charge in [-0.3, -0.25) is 9.36 Å². The van der Waals surface area contributed by atoms with Gasteiger partial charge >= 0.3 is 11.9 Å². The molecule has 5 rings (SSSR count). The number of methoxy groups -OCH3 is 1. The number of carboxylic acids is 1. The number of thiazole rings is 1. The molecule has 3 aromatic carbocycles. The van der Waals surface area contributed by atoms with E-state index in [9.17, 15) is 14.4 Å². The number of fused-ring (bicyclic) bond motifs is 1. The summed E-state index contributed by atoms with van der Waals surface area (Å²) in [6, 6.07) is 16.5. The quantitative estimate of drug-likeness (QED) is 0.198. The molecule has 1 aliphatic rings. The summed E-state index contributed by atoms with van der Waals surface area (Å²) in [4.78, 5) is 43.7. The van der Waals surface area contributed by atoms with Gasteiger partial charge in [-0.2, -0.15) is 0 Å². The lowest BCUT2D eigenvalue weighted by Crippen LogP contribution is -2.40. The number of benzene rings is 3. The first-order chi connectivity index (χ1) is 22.5. The van der Waals surface area contributed by atoms with Gasteiger partial charge in [0.05, 0.1) is 45.7 Å². The van der Waals surface area contributed by atoms with Gasteiger partial charge in [0, 0.05) is 5.56 Å². The second-order valence-electron chi connectivity index (χ2n) is 10.8. The Bertz CT molecular complexity index is 2050. The Morgan fingerprint density at radius 1 is 1.11 bits per heavy atom. The van der Waals surface area contributed by atoms with Crippen LogP contribution in [-0.2, 0) is 16.1 Å². The minimum Gasteiger partial charge on any atom is -0.493 e. The maximum Gasteiger partial charge on any atom is 0.338 e. The van der Waals surface area contributed by atoms with Crippen molar-refractivity contribution in [1.82, 2.24) is 4.57 Å². The number of esters is 1. The topological polar surface area (TPSA) is 126 Å². The molecule has 1 atom stereocenters. The molecule has 1 aromatic heterocycles. The van der Waals surface area contributed by atoms with E-state index in [0.29, 0.717) is 47.9 Å². The molecule has 47 heavy (non-hydrogen) atoms. The lowest BCUT2D eigenvalue weighted by atomic mass is 9.95. The average Bonchev–Trinajstić information content (AvgIpc) is 3.33. The Kier molecular flexibility index (Phi) is 10.3. The predicted molar refractivity (Wildman–Crippen MR) is 181 cm³/mol. The molecular formula is C35H33BrN2O8S. The number of carbonyl (C=O) groups excluding carboxylic acids is 1. The Morgan fingerprint density at radius 2 is 1.83 bits per heavy atom. The number of carbonyl (C=O) groups is 2. The molecule has 1 N–H and O–H groups in total. The van der Waals surface area contributed by atoms with Gasteiger partial charge in [0.15, 0.2) is 16.3 Å². The number of halogens is 1. The summed E-state index contributed by atoms with van der Waals surface area (Å²) in [7, 11) is 1.52. The molecule has 244 valence electrons. The van der Waals surface area contributed by atoms with E-state index in [1.165, 1.54) is 35.1 Å². The van der Waals surface area contributed by atoms with Crippen LogP contribution in [0.15, 0.2) is 86.2 Å². The van der Waals surface area contributed by atoms with Gasteiger partial charge in [0.1, 0.15) is 18.4 Å². The Labute approximate surface area is 283 Å². The molecular weight excluding hydrogens is 688 g/mol. The van der Waals surface area contributed by atoms with Crippen LogP contribution < -0.4 is 29.1 Å². The number of rotatable bonds is 11. The van der Waals surface area contributed by atoms with Crippen LogP contribution in [0.25, 0.3) is 6.08 Å². The number of nitrogens with zero attached hydrogens (tertiary/aromatic N) is 2. The van der Waals surface area contributed by atoms with Crippen molar-refractivity contribution in [3.8, 4) is 17.2 Å². The van der Waals surface area contributed by atoms with Crippen molar-refractivity contribution in [1.29, 1.82) is 0 Å². The molecule has 0 radical (unpaired) electrons. The van der Waals surface area contributed by atoms with Crippen LogP contribution in [-0.4, -0.2) is 41.4 Å². The van der Waals surface area contributed by atoms with Crippen molar-refractivity contribution in [2.75, 3.05) is 13.7 Å². The lowest BCUT2D eigenvalue weighted by Gasteiger charge is -2.26. The fourth-order valence-corrected chi connectivity index (χ4v) is 6.79. The van der Waals surface area contributed by atoms with E-state index < -0.39 is 18.0 Å². The van der Waals surface area contributed by atoms with Gasteiger partial charge in [-0.25, -0.2) is 14.6 Å². The van der Waals surface area contributed by atoms with Gasteiger partial charge in [-0.15, -0.1) is 0 Å². The van der Waals surface area contributed by atoms with E-state index in [4.69, 9.17) is 24.1 Å². The zero-order valence-electron chi connectivity index (χ0n) is 26.4. The molecule has 12 heteroatoms. The van der Waals surface area contributed by atoms with E-state index in [2.05, 4.69) is 20.9 Å². The van der Waals surface area contributed by atoms with Crippen molar-refractivity contribution < 1.29 is 33.6 Å². The normalized spacial score (nSPS) is 14.4. The third-order valence-electron chi connectivity index (χ3n) is 7.23. The van der Waals surface area contributed by atoms with Crippen LogP contribution in [0, 0.1) is 0 Å². The average molecular weight is 722 g/mol. The highest BCUT2D eigenvalue weighted by molar-refractivity contribution is 9.10. The number of carboxylic acid groups (broad SMARTS) is 1. The summed E-state index contributed by atoms with van der Waals surface area (Å²) in [5.74, 6) is -0.112. The molecule has 0 unspecified atom stereocenters. The number of hydrogen-bond acceptors (Lipinski definition) is 9. The van der Waals surface area contributed by atoms with E-state index in [1.54, 1.807) is 38.1 Å². The number of aromatic carboxylic acids is 1. The van der Waals surface area contributed by atoms with Crippen LogP contribution in [0.3, 0.4) is 0 Å². The zero-order chi connectivity index (χ0) is 33.8. The summed E-state index contributed by atoms with van der Waals surface area (Å²) < 4.78 is 25.7. The van der Waals surface area contributed by atoms with Gasteiger partial charge in [0.25, 0.3) is 5.56 Å². The van der Waals surface area contributed by atoms with Crippen molar-refractivity contribution in [3.05, 3.63) is 118 Å². The summed E-state index contributed by atoms with van der Waals surface area (Å²) >= 11 is 4.78. The Morgan fingerprint density at radius 3 is 2.49 bits per heavy atom. The maximum absolute atomic E-state index is 14.2. The van der Waals surface area contributed by atoms with Crippen LogP contribution in [0.1, 0.15) is 60.8 Å². The highest BCUT2D eigenvalue weighted by Crippen LogP contribution is 2.38. The number of allylic oxidation sites excluding steroid dienone is 1. The molecule has 0 spiro atoms. The highest BCUT2D eigenvalue weighted by atomic mass is 79.9. The second-order valence-corrected chi connectivity index (χ2v) is 12.7. The molecule has 10 nitrogen and oxygen atoms in total. The Hall–Kier alpha value is -4.68. The molecule has 0 aliphatic carbocycles. The summed E-state index contributed by atoms with van der Waals surface area (Å²) in [5.41, 5.74) is 2.69. The van der Waals surface area contributed by atoms with Crippen LogP contribution in [0.5, 0.6) is 17.2 Å². The number of para-hydroxylation sites is 1. The fourth-order valence-electron chi connectivity index (χ4n) is 5.17. The van der Waals surface area contributed by atoms with Gasteiger partial charge < -0.3 is 24.1 Å². The highest BCUT2D eigenvalue weighted by Gasteiger charge is 2.35. The van der Waals surface area contributed by atoms with Crippen molar-refractivity contribution in [2.45, 2.75) is 46.4 Å². The predicted octanol–water partition coefficient (Wildman–Crippen LogP) is 5.63. The number of aromatic nitrogens is 1. The number of hydrogen-bond donors (Lipinski definition) is 1. The zero-order valence-corrected chi connectivity index (χ0v) is 28.8. The van der Waals surface area contributed by atoms with Crippen molar-refractivity contribution in [2.24, 2.45) is 4.99 Å². The lowest BCUT2D eigenvalue weighted by molar-refractivity contribution is -0.139. The first-order valence-electron chi connectivity index (χ1n) is 14.8. The maximum atomic E-state index is 14.2. The first-order valence-corrected chi connectivity index (χ1v) is 16.4. The van der Waals surface area contributed by atoms with E-state index in [-0.39, 0.29) is 36.0 Å². The SMILES string of the molecule is CCOC(=O)C1=C(C)N=c2s/c(=C/c3cc(Br)c(OCc4ccc(C(=O)O)cc4)c(OC)c3)c(=O)n2[C@@H]1c1ccccc1OC(C)C. The molecule has 0 saturated heterocycles. The fraction of sp³-hybridized carbons (Fsp3) is 0.257. The molecule has 1 aliphatic heterocycles.